The van der Waals surface area contributed by atoms with Gasteiger partial charge in [-0.3, -0.25) is 9.69 Å². The third-order valence-corrected chi connectivity index (χ3v) is 5.34. The lowest BCUT2D eigenvalue weighted by atomic mass is 10.1. The quantitative estimate of drug-likeness (QED) is 0.639. The van der Waals surface area contributed by atoms with Crippen LogP contribution in [0.4, 0.5) is 11.4 Å². The Morgan fingerprint density at radius 2 is 1.96 bits per heavy atom. The number of anilines is 1. The molecule has 1 fully saturated rings. The average Bonchev–Trinajstić information content (AvgIpc) is 3.18. The van der Waals surface area contributed by atoms with E-state index in [2.05, 4.69) is 4.98 Å². The van der Waals surface area contributed by atoms with Gasteiger partial charge in [0.1, 0.15) is 11.1 Å². The van der Waals surface area contributed by atoms with Gasteiger partial charge in [0.2, 0.25) is 5.91 Å². The highest BCUT2D eigenvalue weighted by molar-refractivity contribution is 8.00. The van der Waals surface area contributed by atoms with E-state index in [0.717, 1.165) is 16.5 Å². The summed E-state index contributed by atoms with van der Waals surface area (Å²) in [4.78, 5) is 17.3. The maximum absolute atomic E-state index is 12.5. The minimum absolute atomic E-state index is 0.0796. The molecule has 7 heteroatoms. The highest BCUT2D eigenvalue weighted by Gasteiger charge is 2.37. The van der Waals surface area contributed by atoms with Gasteiger partial charge in [-0.1, -0.05) is 30.3 Å². The van der Waals surface area contributed by atoms with E-state index in [0.29, 0.717) is 11.4 Å². The number of fused-ring (bicyclic) bond motifs is 1. The van der Waals surface area contributed by atoms with Gasteiger partial charge in [0.25, 0.3) is 0 Å². The van der Waals surface area contributed by atoms with E-state index in [1.54, 1.807) is 23.1 Å². The van der Waals surface area contributed by atoms with E-state index in [1.165, 1.54) is 17.8 Å². The molecule has 1 aliphatic rings. The van der Waals surface area contributed by atoms with Gasteiger partial charge in [-0.15, -0.1) is 11.8 Å². The molecule has 2 heterocycles. The van der Waals surface area contributed by atoms with E-state index >= 15 is 0 Å². The first-order valence-corrected chi connectivity index (χ1v) is 8.53. The van der Waals surface area contributed by atoms with Crippen LogP contribution in [0.1, 0.15) is 10.9 Å². The fourth-order valence-electron chi connectivity index (χ4n) is 3.08. The Hall–Kier alpha value is -2.32. The van der Waals surface area contributed by atoms with Crippen molar-refractivity contribution in [2.24, 2.45) is 0 Å². The van der Waals surface area contributed by atoms with Crippen molar-refractivity contribution in [1.29, 1.82) is 0 Å². The molecule has 1 aliphatic heterocycles. The van der Waals surface area contributed by atoms with Crippen molar-refractivity contribution in [3.8, 4) is 0 Å². The number of carbonyl (C=O) groups excluding carboxylic acids is 1. The maximum Gasteiger partial charge on any atom is 0.238 e. The summed E-state index contributed by atoms with van der Waals surface area (Å²) in [5.74, 6) is 0.252. The lowest BCUT2D eigenvalue weighted by molar-refractivity contribution is -0.990. The van der Waals surface area contributed by atoms with Crippen LogP contribution in [0, 0.1) is 5.21 Å². The number of hydrogen-bond donors (Lipinski definition) is 3. The lowest BCUT2D eigenvalue weighted by Gasteiger charge is -2.26. The number of nitrogens with one attached hydrogen (secondary N) is 2. The zero-order valence-corrected chi connectivity index (χ0v) is 13.4. The zero-order chi connectivity index (χ0) is 16.7. The largest absolute Gasteiger partial charge is 0.595 e. The number of aromatic amines is 1. The van der Waals surface area contributed by atoms with Crippen LogP contribution in [0.2, 0.25) is 0 Å². The Morgan fingerprint density at radius 1 is 1.21 bits per heavy atom. The number of hydrogen-bond acceptors (Lipinski definition) is 4. The molecule has 2 unspecified atom stereocenters. The van der Waals surface area contributed by atoms with E-state index in [-0.39, 0.29) is 17.0 Å². The highest BCUT2D eigenvalue weighted by Crippen LogP contribution is 2.45. The van der Waals surface area contributed by atoms with Gasteiger partial charge >= 0.3 is 0 Å². The van der Waals surface area contributed by atoms with Crippen LogP contribution in [0.3, 0.4) is 0 Å². The van der Waals surface area contributed by atoms with Crippen LogP contribution in [-0.4, -0.2) is 21.9 Å². The van der Waals surface area contributed by atoms with Crippen LogP contribution < -0.4 is 10.1 Å². The van der Waals surface area contributed by atoms with E-state index < -0.39 is 5.23 Å². The van der Waals surface area contributed by atoms with E-state index in [1.807, 2.05) is 30.5 Å². The summed E-state index contributed by atoms with van der Waals surface area (Å²) in [6, 6.07) is 14.5. The number of quaternary nitrogens is 1. The van der Waals surface area contributed by atoms with Gasteiger partial charge in [-0.05, 0) is 12.1 Å². The first-order valence-electron chi connectivity index (χ1n) is 7.49. The van der Waals surface area contributed by atoms with Crippen molar-refractivity contribution in [2.45, 2.75) is 5.37 Å². The molecule has 0 spiro atoms. The Kier molecular flexibility index (Phi) is 3.78. The molecule has 0 saturated carbocycles. The topological polar surface area (TPSA) is 83.8 Å². The molecular formula is C17H15N3O3S. The molecule has 6 nitrogen and oxygen atoms in total. The molecule has 122 valence electrons. The summed E-state index contributed by atoms with van der Waals surface area (Å²) in [6.07, 6.45) is 1.90. The lowest BCUT2D eigenvalue weighted by Crippen LogP contribution is -2.99. The second-order valence-electron chi connectivity index (χ2n) is 5.54. The van der Waals surface area contributed by atoms with Gasteiger partial charge in [0, 0.05) is 28.7 Å². The molecule has 1 amide bonds. The fraction of sp³-hybridized carbons (Fsp3) is 0.118. The standard InChI is InChI=1S/C17H15N3O3S/c21-16-10-24-17(12-9-18-13-6-2-1-5-11(12)13)19(16)14-7-3-4-8-15(14)20(22)23/h1-9,17-18,20,22H,10H2. The Labute approximate surface area is 142 Å². The highest BCUT2D eigenvalue weighted by atomic mass is 32.2. The number of para-hydroxylation sites is 3. The van der Waals surface area contributed by atoms with Gasteiger partial charge in [0.15, 0.2) is 5.69 Å². The van der Waals surface area contributed by atoms with Gasteiger partial charge < -0.3 is 10.2 Å². The monoisotopic (exact) mass is 341 g/mol. The number of aromatic nitrogens is 1. The summed E-state index contributed by atoms with van der Waals surface area (Å²) in [7, 11) is 0. The molecule has 1 saturated heterocycles. The molecule has 2 aromatic carbocycles. The van der Waals surface area contributed by atoms with E-state index in [4.69, 9.17) is 0 Å². The van der Waals surface area contributed by atoms with Gasteiger partial charge in [0.05, 0.1) is 5.75 Å². The minimum atomic E-state index is -1.03. The summed E-state index contributed by atoms with van der Waals surface area (Å²) >= 11 is 1.51. The van der Waals surface area contributed by atoms with Crippen LogP contribution in [0.5, 0.6) is 0 Å². The number of H-pyrrole nitrogens is 1. The first kappa shape index (κ1) is 15.2. The number of benzene rings is 2. The van der Waals surface area contributed by atoms with Gasteiger partial charge in [-0.25, -0.2) is 5.21 Å². The van der Waals surface area contributed by atoms with Crippen molar-refractivity contribution in [3.05, 3.63) is 65.5 Å². The maximum atomic E-state index is 12.5. The first-order chi connectivity index (χ1) is 11.7. The molecule has 0 radical (unpaired) electrons. The molecule has 3 N–H and O–H groups in total. The number of amides is 1. The van der Waals surface area contributed by atoms with Crippen molar-refractivity contribution < 1.29 is 15.2 Å². The predicted octanol–water partition coefficient (Wildman–Crippen LogP) is 2.35. The number of thioether (sulfide) groups is 1. The summed E-state index contributed by atoms with van der Waals surface area (Å²) in [5.41, 5.74) is 2.56. The van der Waals surface area contributed by atoms with Crippen molar-refractivity contribution in [1.82, 2.24) is 4.98 Å². The van der Waals surface area contributed by atoms with Gasteiger partial charge in [-0.2, -0.15) is 5.23 Å². The van der Waals surface area contributed by atoms with Crippen LogP contribution >= 0.6 is 11.8 Å². The third-order valence-electron chi connectivity index (χ3n) is 4.15. The summed E-state index contributed by atoms with van der Waals surface area (Å²) in [5, 5.41) is 20.8. The normalized spacial score (nSPS) is 19.2. The molecule has 4 rings (SSSR count). The smallest absolute Gasteiger partial charge is 0.238 e. The summed E-state index contributed by atoms with van der Waals surface area (Å²) < 4.78 is 0. The summed E-state index contributed by atoms with van der Waals surface area (Å²) in [6.45, 7) is 0. The average molecular weight is 341 g/mol. The van der Waals surface area contributed by atoms with Crippen molar-refractivity contribution in [3.63, 3.8) is 0 Å². The molecule has 24 heavy (non-hydrogen) atoms. The minimum Gasteiger partial charge on any atom is -0.595 e. The molecule has 0 aliphatic carbocycles. The number of nitrogens with zero attached hydrogens (tertiary/aromatic N) is 1. The SMILES string of the molecule is O=C1CSC(c2c[nH]c3ccccc23)N1c1ccccc1[NH+]([O-])O. The Balaban J connectivity index is 1.84. The third kappa shape index (κ3) is 2.38. The second kappa shape index (κ2) is 5.95. The molecule has 3 aromatic rings. The second-order valence-corrected chi connectivity index (χ2v) is 6.61. The fourth-order valence-corrected chi connectivity index (χ4v) is 4.27. The number of rotatable bonds is 3. The van der Waals surface area contributed by atoms with E-state index in [9.17, 15) is 15.2 Å². The Bertz CT molecular complexity index is 909. The van der Waals surface area contributed by atoms with Crippen LogP contribution in [-0.2, 0) is 4.79 Å². The molecular weight excluding hydrogens is 326 g/mol. The zero-order valence-electron chi connectivity index (χ0n) is 12.6. The van der Waals surface area contributed by atoms with Crippen molar-refractivity contribution >= 4 is 39.9 Å². The van der Waals surface area contributed by atoms with Crippen molar-refractivity contribution in [2.75, 3.05) is 10.7 Å². The predicted molar refractivity (Wildman–Crippen MR) is 93.2 cm³/mol. The number of carbonyl (C=O) groups is 1. The molecule has 1 aromatic heterocycles. The van der Waals surface area contributed by atoms with Crippen LogP contribution in [0.15, 0.2) is 54.7 Å². The molecule has 2 atom stereocenters. The Morgan fingerprint density at radius 3 is 2.79 bits per heavy atom. The van der Waals surface area contributed by atoms with Crippen LogP contribution in [0.25, 0.3) is 10.9 Å². The molecule has 0 bridgehead atoms.